The Morgan fingerprint density at radius 2 is 1.91 bits per heavy atom. The summed E-state index contributed by atoms with van der Waals surface area (Å²) in [6, 6.07) is 10.4. The first kappa shape index (κ1) is 23.2. The number of pyridine rings is 1. The van der Waals surface area contributed by atoms with Gasteiger partial charge in [-0.15, -0.1) is 0 Å². The number of piperidine rings is 1. The number of aryl methyl sites for hydroxylation is 1. The Labute approximate surface area is 204 Å². The average Bonchev–Trinajstić information content (AvgIpc) is 3.20. The summed E-state index contributed by atoms with van der Waals surface area (Å²) in [6.45, 7) is 5.55. The van der Waals surface area contributed by atoms with Gasteiger partial charge >= 0.3 is 0 Å². The van der Waals surface area contributed by atoms with E-state index in [-0.39, 0.29) is 6.61 Å². The first-order chi connectivity index (χ1) is 17.1. The van der Waals surface area contributed by atoms with E-state index in [9.17, 15) is 0 Å². The molecule has 0 aliphatic carbocycles. The van der Waals surface area contributed by atoms with Crippen molar-refractivity contribution in [2.75, 3.05) is 38.7 Å². The second-order valence-electron chi connectivity index (χ2n) is 8.96. The van der Waals surface area contributed by atoms with Gasteiger partial charge in [0.2, 0.25) is 0 Å². The van der Waals surface area contributed by atoms with Crippen molar-refractivity contribution in [1.82, 2.24) is 29.6 Å². The van der Waals surface area contributed by atoms with E-state index in [1.807, 2.05) is 42.1 Å². The highest BCUT2D eigenvalue weighted by Crippen LogP contribution is 2.25. The van der Waals surface area contributed by atoms with Crippen LogP contribution in [0.1, 0.15) is 24.1 Å². The molecule has 4 aromatic rings. The number of hydrogen-bond donors (Lipinski definition) is 2. The lowest BCUT2D eigenvalue weighted by Crippen LogP contribution is -2.40. The number of likely N-dealkylation sites (tertiary alicyclic amines) is 1. The zero-order chi connectivity index (χ0) is 24.2. The van der Waals surface area contributed by atoms with Crippen molar-refractivity contribution in [2.24, 2.45) is 0 Å². The molecule has 0 unspecified atom stereocenters. The van der Waals surface area contributed by atoms with E-state index in [0.717, 1.165) is 77.6 Å². The van der Waals surface area contributed by atoms with E-state index < -0.39 is 0 Å². The highest BCUT2D eigenvalue weighted by atomic mass is 16.5. The number of fused-ring (bicyclic) bond motifs is 1. The Morgan fingerprint density at radius 3 is 2.66 bits per heavy atom. The summed E-state index contributed by atoms with van der Waals surface area (Å²) in [5.41, 5.74) is 4.61. The molecule has 35 heavy (non-hydrogen) atoms. The molecule has 9 nitrogen and oxygen atoms in total. The van der Waals surface area contributed by atoms with Gasteiger partial charge in [-0.2, -0.15) is 5.10 Å². The molecule has 0 saturated carbocycles. The second kappa shape index (κ2) is 10.4. The van der Waals surface area contributed by atoms with Gasteiger partial charge in [-0.05, 0) is 43.5 Å². The van der Waals surface area contributed by atoms with Crippen LogP contribution < -0.4 is 10.1 Å². The molecule has 1 aliphatic rings. The Kier molecular flexibility index (Phi) is 6.87. The van der Waals surface area contributed by atoms with Crippen molar-refractivity contribution < 1.29 is 9.84 Å². The molecule has 0 atom stereocenters. The SMILES string of the molecule is COc1ccc(Cn2nc(C)c3cc(-c4cncc(NC5CCN(CCO)CC5)n4)cnc32)cc1. The third kappa shape index (κ3) is 5.26. The van der Waals surface area contributed by atoms with E-state index in [0.29, 0.717) is 12.6 Å². The molecule has 1 fully saturated rings. The number of nitrogens with zero attached hydrogens (tertiary/aromatic N) is 6. The summed E-state index contributed by atoms with van der Waals surface area (Å²) in [5.74, 6) is 1.61. The maximum Gasteiger partial charge on any atom is 0.158 e. The third-order valence-electron chi connectivity index (χ3n) is 6.55. The molecule has 1 saturated heterocycles. The van der Waals surface area contributed by atoms with Gasteiger partial charge in [0, 0.05) is 42.8 Å². The third-order valence-corrected chi connectivity index (χ3v) is 6.55. The number of nitrogens with one attached hydrogen (secondary N) is 1. The van der Waals surface area contributed by atoms with Gasteiger partial charge in [-0.25, -0.2) is 14.6 Å². The molecular weight excluding hydrogens is 442 g/mol. The number of aromatic nitrogens is 5. The number of ether oxygens (including phenoxy) is 1. The Balaban J connectivity index is 1.32. The molecule has 2 N–H and O–H groups in total. The van der Waals surface area contributed by atoms with Gasteiger partial charge in [-0.1, -0.05) is 12.1 Å². The topological polar surface area (TPSA) is 101 Å². The fraction of sp³-hybridized carbons (Fsp3) is 0.385. The van der Waals surface area contributed by atoms with E-state index in [4.69, 9.17) is 24.9 Å². The summed E-state index contributed by atoms with van der Waals surface area (Å²) >= 11 is 0. The molecule has 1 aliphatic heterocycles. The van der Waals surface area contributed by atoms with Gasteiger partial charge in [0.15, 0.2) is 5.65 Å². The van der Waals surface area contributed by atoms with Crippen LogP contribution in [0, 0.1) is 6.92 Å². The minimum Gasteiger partial charge on any atom is -0.497 e. The summed E-state index contributed by atoms with van der Waals surface area (Å²) < 4.78 is 7.19. The van der Waals surface area contributed by atoms with Crippen molar-refractivity contribution in [3.05, 3.63) is 60.2 Å². The van der Waals surface area contributed by atoms with Gasteiger partial charge < -0.3 is 20.1 Å². The molecule has 0 amide bonds. The van der Waals surface area contributed by atoms with Crippen LogP contribution in [0.25, 0.3) is 22.3 Å². The first-order valence-corrected chi connectivity index (χ1v) is 12.0. The van der Waals surface area contributed by atoms with Crippen molar-refractivity contribution in [2.45, 2.75) is 32.4 Å². The van der Waals surface area contributed by atoms with Gasteiger partial charge in [0.1, 0.15) is 11.6 Å². The normalized spacial score (nSPS) is 14.9. The number of benzene rings is 1. The highest BCUT2D eigenvalue weighted by molar-refractivity contribution is 5.83. The average molecular weight is 474 g/mol. The van der Waals surface area contributed by atoms with Crippen LogP contribution in [-0.4, -0.2) is 74.1 Å². The second-order valence-corrected chi connectivity index (χ2v) is 8.96. The number of methoxy groups -OCH3 is 1. The number of aliphatic hydroxyl groups excluding tert-OH is 1. The van der Waals surface area contributed by atoms with Crippen LogP contribution in [0.5, 0.6) is 5.75 Å². The molecule has 4 heterocycles. The van der Waals surface area contributed by atoms with Gasteiger partial charge in [0.05, 0.1) is 44.0 Å². The van der Waals surface area contributed by atoms with E-state index in [2.05, 4.69) is 21.3 Å². The van der Waals surface area contributed by atoms with Crippen molar-refractivity contribution in [1.29, 1.82) is 0 Å². The van der Waals surface area contributed by atoms with Gasteiger partial charge in [-0.3, -0.25) is 4.98 Å². The molecule has 0 spiro atoms. The van der Waals surface area contributed by atoms with Crippen molar-refractivity contribution in [3.8, 4) is 17.0 Å². The lowest BCUT2D eigenvalue weighted by molar-refractivity contribution is 0.168. The van der Waals surface area contributed by atoms with Crippen LogP contribution in [0.4, 0.5) is 5.82 Å². The largest absolute Gasteiger partial charge is 0.497 e. The number of hydrogen-bond acceptors (Lipinski definition) is 8. The molecule has 0 radical (unpaired) electrons. The van der Waals surface area contributed by atoms with Crippen molar-refractivity contribution in [3.63, 3.8) is 0 Å². The molecule has 5 rings (SSSR count). The minimum absolute atomic E-state index is 0.212. The summed E-state index contributed by atoms with van der Waals surface area (Å²) in [6.07, 6.45) is 7.43. The number of rotatable bonds is 8. The summed E-state index contributed by atoms with van der Waals surface area (Å²) in [5, 5.41) is 18.4. The number of β-amino-alcohol motifs (C(OH)–C–C–N with tert-alkyl or cyclic N) is 1. The molecule has 182 valence electrons. The van der Waals surface area contributed by atoms with E-state index >= 15 is 0 Å². The lowest BCUT2D eigenvalue weighted by Gasteiger charge is -2.32. The van der Waals surface area contributed by atoms with Crippen LogP contribution in [0.3, 0.4) is 0 Å². The van der Waals surface area contributed by atoms with Crippen LogP contribution in [-0.2, 0) is 6.54 Å². The predicted octanol–water partition coefficient (Wildman–Crippen LogP) is 3.12. The van der Waals surface area contributed by atoms with Gasteiger partial charge in [0.25, 0.3) is 0 Å². The van der Waals surface area contributed by atoms with E-state index in [1.54, 1.807) is 19.5 Å². The summed E-state index contributed by atoms with van der Waals surface area (Å²) in [4.78, 5) is 16.3. The zero-order valence-electron chi connectivity index (χ0n) is 20.2. The predicted molar refractivity (Wildman–Crippen MR) is 136 cm³/mol. The standard InChI is InChI=1S/C26H31N7O2/c1-18-23-13-20(14-28-26(23)33(31-18)17-19-3-5-22(35-2)6-4-19)24-15-27-16-25(30-24)29-21-7-9-32(10-8-21)11-12-34/h3-6,13-16,21,34H,7-12,17H2,1-2H3,(H,29,30). The zero-order valence-corrected chi connectivity index (χ0v) is 20.2. The maximum atomic E-state index is 9.14. The Hall–Kier alpha value is -3.56. The monoisotopic (exact) mass is 473 g/mol. The quantitative estimate of drug-likeness (QED) is 0.403. The maximum absolute atomic E-state index is 9.14. The molecule has 3 aromatic heterocycles. The summed E-state index contributed by atoms with van der Waals surface area (Å²) in [7, 11) is 1.67. The number of anilines is 1. The molecule has 1 aromatic carbocycles. The van der Waals surface area contributed by atoms with Crippen LogP contribution >= 0.6 is 0 Å². The molecular formula is C26H31N7O2. The molecule has 0 bridgehead atoms. The fourth-order valence-electron chi connectivity index (χ4n) is 4.59. The van der Waals surface area contributed by atoms with E-state index in [1.165, 1.54) is 0 Å². The smallest absolute Gasteiger partial charge is 0.158 e. The van der Waals surface area contributed by atoms with Crippen LogP contribution in [0.15, 0.2) is 48.9 Å². The first-order valence-electron chi connectivity index (χ1n) is 12.0. The minimum atomic E-state index is 0.212. The van der Waals surface area contributed by atoms with Crippen molar-refractivity contribution >= 4 is 16.9 Å². The lowest BCUT2D eigenvalue weighted by atomic mass is 10.1. The highest BCUT2D eigenvalue weighted by Gasteiger charge is 2.19. The van der Waals surface area contributed by atoms with Crippen LogP contribution in [0.2, 0.25) is 0 Å². The Morgan fingerprint density at radius 1 is 1.11 bits per heavy atom. The Bertz CT molecular complexity index is 1280. The number of aliphatic hydroxyl groups is 1. The fourth-order valence-corrected chi connectivity index (χ4v) is 4.59. The molecule has 9 heteroatoms.